The molecule has 4 rings (SSSR count). The first-order chi connectivity index (χ1) is 14.9. The number of carboxylic acid groups (broad SMARTS) is 1. The third-order valence-electron chi connectivity index (χ3n) is 6.28. The van der Waals surface area contributed by atoms with Crippen molar-refractivity contribution in [2.45, 2.75) is 37.6 Å². The number of piperidine rings is 1. The predicted molar refractivity (Wildman–Crippen MR) is 122 cm³/mol. The van der Waals surface area contributed by atoms with Crippen molar-refractivity contribution in [3.05, 3.63) is 70.9 Å². The Kier molecular flexibility index (Phi) is 6.18. The number of fused-ring (bicyclic) bond motifs is 1. The lowest BCUT2D eigenvalue weighted by Gasteiger charge is -2.33. The molecule has 0 unspecified atom stereocenters. The number of carbonyl (C=O) groups excluding carboxylic acids is 1. The van der Waals surface area contributed by atoms with Crippen molar-refractivity contribution in [3.63, 3.8) is 0 Å². The minimum absolute atomic E-state index is 0.325. The number of aromatic nitrogens is 1. The normalized spacial score (nSPS) is 16.8. The van der Waals surface area contributed by atoms with Crippen LogP contribution in [0.1, 0.15) is 42.7 Å². The van der Waals surface area contributed by atoms with E-state index in [2.05, 4.69) is 10.3 Å². The summed E-state index contributed by atoms with van der Waals surface area (Å²) in [6.07, 6.45) is 3.50. The number of halogens is 1. The highest BCUT2D eigenvalue weighted by Gasteiger charge is 2.32. The average molecular weight is 440 g/mol. The lowest BCUT2D eigenvalue weighted by atomic mass is 9.89. The van der Waals surface area contributed by atoms with Crippen LogP contribution in [0.5, 0.6) is 0 Å². The van der Waals surface area contributed by atoms with E-state index in [1.165, 1.54) is 5.56 Å². The van der Waals surface area contributed by atoms with Crippen LogP contribution in [0.4, 0.5) is 4.79 Å². The number of aromatic amines is 1. The van der Waals surface area contributed by atoms with Crippen LogP contribution in [-0.2, 0) is 4.79 Å². The summed E-state index contributed by atoms with van der Waals surface area (Å²) < 4.78 is 0. The molecule has 2 aromatic carbocycles. The van der Waals surface area contributed by atoms with Crippen LogP contribution >= 0.6 is 11.6 Å². The molecule has 1 aromatic heterocycles. The van der Waals surface area contributed by atoms with Crippen molar-refractivity contribution in [3.8, 4) is 0 Å². The van der Waals surface area contributed by atoms with Gasteiger partial charge in [-0.3, -0.25) is 0 Å². The van der Waals surface area contributed by atoms with Gasteiger partial charge in [-0.1, -0.05) is 48.9 Å². The van der Waals surface area contributed by atoms with Crippen molar-refractivity contribution in [2.24, 2.45) is 0 Å². The molecule has 2 amide bonds. The second-order valence-corrected chi connectivity index (χ2v) is 8.59. The van der Waals surface area contributed by atoms with E-state index >= 15 is 0 Å². The van der Waals surface area contributed by atoms with Gasteiger partial charge in [-0.25, -0.2) is 9.59 Å². The molecule has 0 bridgehead atoms. The summed E-state index contributed by atoms with van der Waals surface area (Å²) in [6, 6.07) is 14.3. The molecule has 2 atom stereocenters. The number of aliphatic carboxylic acids is 1. The van der Waals surface area contributed by atoms with E-state index in [9.17, 15) is 14.7 Å². The Labute approximate surface area is 186 Å². The van der Waals surface area contributed by atoms with E-state index in [1.807, 2.05) is 61.7 Å². The van der Waals surface area contributed by atoms with Gasteiger partial charge in [0.15, 0.2) is 0 Å². The lowest BCUT2D eigenvalue weighted by molar-refractivity contribution is -0.139. The zero-order chi connectivity index (χ0) is 22.0. The Morgan fingerprint density at radius 1 is 1.13 bits per heavy atom. The Hall–Kier alpha value is -2.99. The van der Waals surface area contributed by atoms with Crippen LogP contribution in [0.25, 0.3) is 10.9 Å². The van der Waals surface area contributed by atoms with Gasteiger partial charge in [-0.2, -0.15) is 0 Å². The summed E-state index contributed by atoms with van der Waals surface area (Å²) in [7, 11) is 0. The van der Waals surface area contributed by atoms with Crippen LogP contribution in [0.15, 0.2) is 54.7 Å². The third kappa shape index (κ3) is 4.54. The Morgan fingerprint density at radius 3 is 2.48 bits per heavy atom. The Morgan fingerprint density at radius 2 is 1.81 bits per heavy atom. The van der Waals surface area contributed by atoms with Gasteiger partial charge in [0.1, 0.15) is 6.04 Å². The molecule has 7 heteroatoms. The minimum Gasteiger partial charge on any atom is -0.480 e. The quantitative estimate of drug-likeness (QED) is 0.524. The summed E-state index contributed by atoms with van der Waals surface area (Å²) in [4.78, 5) is 29.8. The fraction of sp³-hybridized carbons (Fsp3) is 0.333. The zero-order valence-electron chi connectivity index (χ0n) is 17.3. The number of likely N-dealkylation sites (tertiary alicyclic amines) is 1. The molecule has 1 aliphatic rings. The van der Waals surface area contributed by atoms with Crippen LogP contribution < -0.4 is 5.32 Å². The molecule has 162 valence electrons. The Balaban J connectivity index is 1.41. The number of urea groups is 1. The number of carboxylic acids is 1. The van der Waals surface area contributed by atoms with Crippen LogP contribution in [0.3, 0.4) is 0 Å². The van der Waals surface area contributed by atoms with Gasteiger partial charge in [-0.05, 0) is 48.1 Å². The number of nitrogens with zero attached hydrogens (tertiary/aromatic N) is 1. The predicted octanol–water partition coefficient (Wildman–Crippen LogP) is 4.97. The number of carbonyl (C=O) groups is 2. The summed E-state index contributed by atoms with van der Waals surface area (Å²) in [6.45, 7) is 3.02. The number of benzene rings is 2. The molecular weight excluding hydrogens is 414 g/mol. The van der Waals surface area contributed by atoms with Crippen LogP contribution in [-0.4, -0.2) is 46.1 Å². The number of amides is 2. The first kappa shape index (κ1) is 21.2. The SMILES string of the molecule is C[C@@H](c1c[nH]c2ccccc12)[C@@H](NC(=O)N1CCC(c2ccc(Cl)cc2)CC1)C(=O)O. The zero-order valence-corrected chi connectivity index (χ0v) is 18.1. The smallest absolute Gasteiger partial charge is 0.326 e. The molecule has 1 aliphatic heterocycles. The van der Waals surface area contributed by atoms with Gasteiger partial charge in [0.05, 0.1) is 0 Å². The van der Waals surface area contributed by atoms with E-state index in [-0.39, 0.29) is 11.9 Å². The van der Waals surface area contributed by atoms with Crippen molar-refractivity contribution in [1.82, 2.24) is 15.2 Å². The largest absolute Gasteiger partial charge is 0.480 e. The number of nitrogens with one attached hydrogen (secondary N) is 2. The van der Waals surface area contributed by atoms with Crippen molar-refractivity contribution >= 4 is 34.5 Å². The van der Waals surface area contributed by atoms with Crippen molar-refractivity contribution in [2.75, 3.05) is 13.1 Å². The monoisotopic (exact) mass is 439 g/mol. The van der Waals surface area contributed by atoms with Gasteiger partial charge in [0, 0.05) is 41.1 Å². The lowest BCUT2D eigenvalue weighted by Crippen LogP contribution is -2.51. The maximum atomic E-state index is 12.9. The molecule has 0 radical (unpaired) electrons. The molecule has 2 heterocycles. The standard InChI is InChI=1S/C24H26ClN3O3/c1-15(20-14-26-21-5-3-2-4-19(20)21)22(23(29)30)27-24(31)28-12-10-17(11-13-28)16-6-8-18(25)9-7-16/h2-9,14-15,17,22,26H,10-13H2,1H3,(H,27,31)(H,29,30)/t15-,22+/m0/s1. The minimum atomic E-state index is -1.04. The van der Waals surface area contributed by atoms with E-state index in [1.54, 1.807) is 4.90 Å². The fourth-order valence-electron chi connectivity index (χ4n) is 4.43. The van der Waals surface area contributed by atoms with Gasteiger partial charge in [0.25, 0.3) is 0 Å². The average Bonchev–Trinajstić information content (AvgIpc) is 3.21. The van der Waals surface area contributed by atoms with Crippen LogP contribution in [0, 0.1) is 0 Å². The second kappa shape index (κ2) is 9.02. The van der Waals surface area contributed by atoms with Gasteiger partial charge in [0.2, 0.25) is 0 Å². The fourth-order valence-corrected chi connectivity index (χ4v) is 4.55. The molecule has 1 fully saturated rings. The molecule has 3 N–H and O–H groups in total. The number of H-pyrrole nitrogens is 1. The second-order valence-electron chi connectivity index (χ2n) is 8.16. The summed E-state index contributed by atoms with van der Waals surface area (Å²) in [5.41, 5.74) is 3.05. The molecule has 6 nitrogen and oxygen atoms in total. The molecule has 0 spiro atoms. The molecule has 0 saturated carbocycles. The molecule has 0 aliphatic carbocycles. The Bertz CT molecular complexity index is 1070. The highest BCUT2D eigenvalue weighted by molar-refractivity contribution is 6.30. The van der Waals surface area contributed by atoms with Gasteiger partial charge in [-0.15, -0.1) is 0 Å². The van der Waals surface area contributed by atoms with Gasteiger partial charge >= 0.3 is 12.0 Å². The first-order valence-electron chi connectivity index (χ1n) is 10.5. The van der Waals surface area contributed by atoms with E-state index in [0.29, 0.717) is 24.0 Å². The van der Waals surface area contributed by atoms with Gasteiger partial charge < -0.3 is 20.3 Å². The maximum Gasteiger partial charge on any atom is 0.326 e. The summed E-state index contributed by atoms with van der Waals surface area (Å²) >= 11 is 5.97. The number of para-hydroxylation sites is 1. The number of hydrogen-bond acceptors (Lipinski definition) is 2. The topological polar surface area (TPSA) is 85.4 Å². The van der Waals surface area contributed by atoms with E-state index in [0.717, 1.165) is 29.3 Å². The van der Waals surface area contributed by atoms with Crippen LogP contribution in [0.2, 0.25) is 5.02 Å². The highest BCUT2D eigenvalue weighted by Crippen LogP contribution is 2.30. The third-order valence-corrected chi connectivity index (χ3v) is 6.53. The number of hydrogen-bond donors (Lipinski definition) is 3. The van der Waals surface area contributed by atoms with Crippen molar-refractivity contribution < 1.29 is 14.7 Å². The summed E-state index contributed by atoms with van der Waals surface area (Å²) in [5, 5.41) is 14.3. The van der Waals surface area contributed by atoms with E-state index in [4.69, 9.17) is 11.6 Å². The first-order valence-corrected chi connectivity index (χ1v) is 10.9. The molecular formula is C24H26ClN3O3. The highest BCUT2D eigenvalue weighted by atomic mass is 35.5. The van der Waals surface area contributed by atoms with Crippen molar-refractivity contribution in [1.29, 1.82) is 0 Å². The molecule has 31 heavy (non-hydrogen) atoms. The molecule has 1 saturated heterocycles. The van der Waals surface area contributed by atoms with E-state index < -0.39 is 12.0 Å². The molecule has 3 aromatic rings. The number of rotatable bonds is 5. The summed E-state index contributed by atoms with van der Waals surface area (Å²) in [5.74, 6) is -1.05. The maximum absolute atomic E-state index is 12.9.